The van der Waals surface area contributed by atoms with Crippen LogP contribution in [0.5, 0.6) is 0 Å². The van der Waals surface area contributed by atoms with E-state index in [1.807, 2.05) is 4.98 Å². The van der Waals surface area contributed by atoms with Crippen LogP contribution in [-0.2, 0) is 6.18 Å². The Kier molecular flexibility index (Phi) is 3.60. The van der Waals surface area contributed by atoms with Gasteiger partial charge in [-0.25, -0.2) is 0 Å². The van der Waals surface area contributed by atoms with Gasteiger partial charge in [-0.2, -0.15) is 13.2 Å². The van der Waals surface area contributed by atoms with Crippen molar-refractivity contribution in [3.63, 3.8) is 0 Å². The fraction of sp³-hybridized carbons (Fsp3) is 0.0833. The topological polar surface area (TPSA) is 32.9 Å². The highest BCUT2D eigenvalue weighted by atomic mass is 35.5. The van der Waals surface area contributed by atoms with E-state index >= 15 is 0 Å². The van der Waals surface area contributed by atoms with Crippen LogP contribution in [0.4, 0.5) is 13.2 Å². The number of aromatic nitrogens is 1. The van der Waals surface area contributed by atoms with Gasteiger partial charge in [0.25, 0.3) is 5.56 Å². The molecule has 100 valence electrons. The number of aromatic amines is 1. The van der Waals surface area contributed by atoms with Gasteiger partial charge in [0.15, 0.2) is 0 Å². The van der Waals surface area contributed by atoms with E-state index in [1.54, 1.807) is 0 Å². The minimum atomic E-state index is -4.75. The molecule has 0 aliphatic rings. The van der Waals surface area contributed by atoms with Gasteiger partial charge in [0.05, 0.1) is 10.0 Å². The number of benzene rings is 1. The van der Waals surface area contributed by atoms with Gasteiger partial charge in [0, 0.05) is 11.8 Å². The van der Waals surface area contributed by atoms with E-state index in [2.05, 4.69) is 0 Å². The summed E-state index contributed by atoms with van der Waals surface area (Å²) in [7, 11) is 0. The average Bonchev–Trinajstić information content (AvgIpc) is 2.30. The molecule has 1 aromatic carbocycles. The molecule has 0 fully saturated rings. The molecule has 2 aromatic rings. The SMILES string of the molecule is O=c1[nH]ccc(-c2ccc(Cl)c(Cl)c2)c1C(F)(F)F. The number of rotatable bonds is 1. The lowest BCUT2D eigenvalue weighted by Gasteiger charge is -2.12. The standard InChI is InChI=1S/C12H6Cl2F3NO/c13-8-2-1-6(5-9(8)14)7-3-4-18-11(19)10(7)12(15,16)17/h1-5H,(H,18,19). The maximum atomic E-state index is 12.9. The summed E-state index contributed by atoms with van der Waals surface area (Å²) in [5.74, 6) is 0. The lowest BCUT2D eigenvalue weighted by Crippen LogP contribution is -2.22. The molecule has 2 rings (SSSR count). The lowest BCUT2D eigenvalue weighted by atomic mass is 10.0. The summed E-state index contributed by atoms with van der Waals surface area (Å²) in [4.78, 5) is 13.4. The van der Waals surface area contributed by atoms with E-state index in [0.717, 1.165) is 6.20 Å². The highest BCUT2D eigenvalue weighted by Gasteiger charge is 2.37. The molecular formula is C12H6Cl2F3NO. The van der Waals surface area contributed by atoms with Crippen LogP contribution in [0, 0.1) is 0 Å². The first-order valence-corrected chi connectivity index (χ1v) is 5.80. The predicted molar refractivity (Wildman–Crippen MR) is 67.5 cm³/mol. The summed E-state index contributed by atoms with van der Waals surface area (Å²) >= 11 is 11.5. The molecule has 0 amide bonds. The number of H-pyrrole nitrogens is 1. The molecule has 7 heteroatoms. The second kappa shape index (κ2) is 4.90. The molecule has 0 bridgehead atoms. The Hall–Kier alpha value is -1.46. The Morgan fingerprint density at radius 3 is 2.32 bits per heavy atom. The average molecular weight is 308 g/mol. The van der Waals surface area contributed by atoms with Gasteiger partial charge in [-0.05, 0) is 23.8 Å². The van der Waals surface area contributed by atoms with Crippen LogP contribution in [-0.4, -0.2) is 4.98 Å². The van der Waals surface area contributed by atoms with Crippen LogP contribution >= 0.6 is 23.2 Å². The van der Waals surface area contributed by atoms with E-state index in [0.29, 0.717) is 0 Å². The third kappa shape index (κ3) is 2.77. The molecule has 1 aromatic heterocycles. The van der Waals surface area contributed by atoms with E-state index in [-0.39, 0.29) is 21.2 Å². The molecular weight excluding hydrogens is 302 g/mol. The smallest absolute Gasteiger partial charge is 0.329 e. The van der Waals surface area contributed by atoms with Crippen molar-refractivity contribution in [2.45, 2.75) is 6.18 Å². The van der Waals surface area contributed by atoms with E-state index < -0.39 is 17.3 Å². The highest BCUT2D eigenvalue weighted by Crippen LogP contribution is 2.36. The van der Waals surface area contributed by atoms with Crippen molar-refractivity contribution in [2.24, 2.45) is 0 Å². The molecule has 1 N–H and O–H groups in total. The van der Waals surface area contributed by atoms with Crippen LogP contribution in [0.2, 0.25) is 10.0 Å². The number of hydrogen-bond donors (Lipinski definition) is 1. The van der Waals surface area contributed by atoms with Crippen molar-refractivity contribution in [1.29, 1.82) is 0 Å². The zero-order chi connectivity index (χ0) is 14.2. The summed E-state index contributed by atoms with van der Waals surface area (Å²) in [5.41, 5.74) is -2.52. The first kappa shape index (κ1) is 14.0. The summed E-state index contributed by atoms with van der Waals surface area (Å²) in [6.45, 7) is 0. The lowest BCUT2D eigenvalue weighted by molar-refractivity contribution is -0.138. The van der Waals surface area contributed by atoms with Gasteiger partial charge in [0.1, 0.15) is 5.56 Å². The third-order valence-corrected chi connectivity index (χ3v) is 3.21. The highest BCUT2D eigenvalue weighted by molar-refractivity contribution is 6.42. The second-order valence-corrected chi connectivity index (χ2v) is 4.54. The fourth-order valence-electron chi connectivity index (χ4n) is 1.66. The molecule has 0 atom stereocenters. The fourth-order valence-corrected chi connectivity index (χ4v) is 1.96. The quantitative estimate of drug-likeness (QED) is 0.834. The monoisotopic (exact) mass is 307 g/mol. The van der Waals surface area contributed by atoms with Gasteiger partial charge in [-0.3, -0.25) is 4.79 Å². The van der Waals surface area contributed by atoms with Crippen molar-refractivity contribution in [3.05, 3.63) is 56.4 Å². The van der Waals surface area contributed by atoms with Gasteiger partial charge in [-0.1, -0.05) is 29.3 Å². The zero-order valence-electron chi connectivity index (χ0n) is 9.18. The maximum absolute atomic E-state index is 12.9. The van der Waals surface area contributed by atoms with Crippen molar-refractivity contribution in [2.75, 3.05) is 0 Å². The number of pyridine rings is 1. The van der Waals surface area contributed by atoms with Crippen LogP contribution < -0.4 is 5.56 Å². The maximum Gasteiger partial charge on any atom is 0.422 e. The van der Waals surface area contributed by atoms with E-state index in [9.17, 15) is 18.0 Å². The summed E-state index contributed by atoms with van der Waals surface area (Å²) in [5, 5.41) is 0.344. The molecule has 1 heterocycles. The molecule has 0 spiro atoms. The molecule has 0 unspecified atom stereocenters. The Morgan fingerprint density at radius 2 is 1.74 bits per heavy atom. The number of hydrogen-bond acceptors (Lipinski definition) is 1. The molecule has 0 radical (unpaired) electrons. The Labute approximate surface area is 115 Å². The van der Waals surface area contributed by atoms with E-state index in [1.165, 1.54) is 24.3 Å². The molecule has 0 saturated carbocycles. The predicted octanol–water partition coefficient (Wildman–Crippen LogP) is 4.37. The van der Waals surface area contributed by atoms with Crippen molar-refractivity contribution in [3.8, 4) is 11.1 Å². The van der Waals surface area contributed by atoms with E-state index in [4.69, 9.17) is 23.2 Å². The summed E-state index contributed by atoms with van der Waals surface area (Å²) < 4.78 is 38.7. The zero-order valence-corrected chi connectivity index (χ0v) is 10.7. The number of alkyl halides is 3. The van der Waals surface area contributed by atoms with Crippen molar-refractivity contribution < 1.29 is 13.2 Å². The van der Waals surface area contributed by atoms with Crippen LogP contribution in [0.1, 0.15) is 5.56 Å². The first-order valence-electron chi connectivity index (χ1n) is 5.05. The summed E-state index contributed by atoms with van der Waals surface area (Å²) in [6, 6.07) is 5.20. The van der Waals surface area contributed by atoms with Gasteiger partial charge in [0.2, 0.25) is 0 Å². The van der Waals surface area contributed by atoms with Crippen LogP contribution in [0.15, 0.2) is 35.3 Å². The van der Waals surface area contributed by atoms with Gasteiger partial charge in [-0.15, -0.1) is 0 Å². The Balaban J connectivity index is 2.72. The van der Waals surface area contributed by atoms with Crippen LogP contribution in [0.3, 0.4) is 0 Å². The minimum absolute atomic E-state index is 0.118. The summed E-state index contributed by atoms with van der Waals surface area (Å²) in [6.07, 6.45) is -3.61. The molecule has 0 saturated heterocycles. The van der Waals surface area contributed by atoms with Crippen LogP contribution in [0.25, 0.3) is 11.1 Å². The molecule has 0 aliphatic heterocycles. The van der Waals surface area contributed by atoms with Gasteiger partial charge < -0.3 is 4.98 Å². The number of nitrogens with one attached hydrogen (secondary N) is 1. The first-order chi connectivity index (χ1) is 8.80. The van der Waals surface area contributed by atoms with Gasteiger partial charge >= 0.3 is 6.18 Å². The number of halogens is 5. The Morgan fingerprint density at radius 1 is 1.05 bits per heavy atom. The second-order valence-electron chi connectivity index (χ2n) is 3.72. The normalized spacial score (nSPS) is 11.6. The molecule has 2 nitrogen and oxygen atoms in total. The molecule has 19 heavy (non-hydrogen) atoms. The van der Waals surface area contributed by atoms with Crippen molar-refractivity contribution in [1.82, 2.24) is 4.98 Å². The third-order valence-electron chi connectivity index (χ3n) is 2.47. The molecule has 0 aliphatic carbocycles. The largest absolute Gasteiger partial charge is 0.422 e. The minimum Gasteiger partial charge on any atom is -0.329 e. The Bertz CT molecular complexity index is 679. The van der Waals surface area contributed by atoms with Crippen molar-refractivity contribution >= 4 is 23.2 Å².